The van der Waals surface area contributed by atoms with Crippen molar-refractivity contribution in [1.82, 2.24) is 10.3 Å². The number of anilines is 1. The van der Waals surface area contributed by atoms with Crippen LogP contribution in [0.3, 0.4) is 0 Å². The van der Waals surface area contributed by atoms with Crippen LogP contribution in [0.4, 0.5) is 5.69 Å². The second kappa shape index (κ2) is 8.23. The second-order valence-corrected chi connectivity index (χ2v) is 7.90. The first-order chi connectivity index (χ1) is 14.1. The van der Waals surface area contributed by atoms with Crippen molar-refractivity contribution in [3.63, 3.8) is 0 Å². The van der Waals surface area contributed by atoms with Crippen LogP contribution in [0.2, 0.25) is 0 Å². The Morgan fingerprint density at radius 1 is 1.14 bits per heavy atom. The molecule has 1 aliphatic rings. The molecular weight excluding hydrogens is 384 g/mol. The second-order valence-electron chi connectivity index (χ2n) is 7.02. The minimum atomic E-state index is -0.483. The van der Waals surface area contributed by atoms with E-state index in [1.807, 2.05) is 17.8 Å². The Balaban J connectivity index is 1.69. The highest BCUT2D eigenvalue weighted by Gasteiger charge is 2.20. The van der Waals surface area contributed by atoms with Gasteiger partial charge < -0.3 is 20.7 Å². The van der Waals surface area contributed by atoms with Gasteiger partial charge in [0.2, 0.25) is 0 Å². The molecule has 1 amide bonds. The number of nitrogens with zero attached hydrogens (tertiary/aromatic N) is 2. The van der Waals surface area contributed by atoms with Gasteiger partial charge in [0.15, 0.2) is 0 Å². The van der Waals surface area contributed by atoms with E-state index >= 15 is 0 Å². The summed E-state index contributed by atoms with van der Waals surface area (Å²) in [5.41, 5.74) is 11.8. The van der Waals surface area contributed by atoms with Crippen LogP contribution in [-0.4, -0.2) is 44.2 Å². The van der Waals surface area contributed by atoms with Crippen molar-refractivity contribution in [1.29, 1.82) is 0 Å². The third-order valence-corrected chi connectivity index (χ3v) is 6.32. The topological polar surface area (TPSA) is 80.5 Å². The maximum atomic E-state index is 11.7. The molecule has 0 saturated carbocycles. The van der Waals surface area contributed by atoms with Crippen molar-refractivity contribution in [3.8, 4) is 28.0 Å². The van der Waals surface area contributed by atoms with Crippen molar-refractivity contribution < 1.29 is 9.53 Å². The van der Waals surface area contributed by atoms with Gasteiger partial charge in [0.1, 0.15) is 10.6 Å². The Kier molecular flexibility index (Phi) is 5.51. The summed E-state index contributed by atoms with van der Waals surface area (Å²) in [4.78, 5) is 19.0. The van der Waals surface area contributed by atoms with Crippen molar-refractivity contribution in [2.45, 2.75) is 6.92 Å². The molecule has 0 atom stereocenters. The van der Waals surface area contributed by atoms with E-state index in [1.54, 1.807) is 7.11 Å². The van der Waals surface area contributed by atoms with Crippen molar-refractivity contribution >= 4 is 22.9 Å². The summed E-state index contributed by atoms with van der Waals surface area (Å²) in [6.45, 7) is 6.15. The average molecular weight is 409 g/mol. The van der Waals surface area contributed by atoms with Crippen molar-refractivity contribution in [3.05, 3.63) is 52.5 Å². The predicted octanol–water partition coefficient (Wildman–Crippen LogP) is 3.30. The molecule has 3 aromatic rings. The molecule has 150 valence electrons. The van der Waals surface area contributed by atoms with E-state index in [2.05, 4.69) is 46.4 Å². The zero-order valence-electron chi connectivity index (χ0n) is 16.6. The lowest BCUT2D eigenvalue weighted by atomic mass is 9.96. The Morgan fingerprint density at radius 3 is 2.48 bits per heavy atom. The number of piperazine rings is 1. The SMILES string of the molecule is COc1c(-c2cncc(-c3ccc(N4CCNCC4)cc3)c2C)csc1C(N)=O. The molecular formula is C22H24N4O2S. The van der Waals surface area contributed by atoms with Crippen molar-refractivity contribution in [2.75, 3.05) is 38.2 Å². The molecule has 29 heavy (non-hydrogen) atoms. The van der Waals surface area contributed by atoms with Gasteiger partial charge in [-0.15, -0.1) is 11.3 Å². The average Bonchev–Trinajstić information content (AvgIpc) is 3.19. The molecule has 0 radical (unpaired) electrons. The maximum absolute atomic E-state index is 11.7. The van der Waals surface area contributed by atoms with E-state index in [9.17, 15) is 4.79 Å². The Hall–Kier alpha value is -2.90. The van der Waals surface area contributed by atoms with Crippen LogP contribution >= 0.6 is 11.3 Å². The van der Waals surface area contributed by atoms with E-state index in [1.165, 1.54) is 17.0 Å². The molecule has 4 rings (SSSR count). The summed E-state index contributed by atoms with van der Waals surface area (Å²) >= 11 is 1.29. The molecule has 0 aliphatic carbocycles. The van der Waals surface area contributed by atoms with Crippen LogP contribution in [0.15, 0.2) is 42.0 Å². The highest BCUT2D eigenvalue weighted by Crippen LogP contribution is 2.41. The number of benzene rings is 1. The van der Waals surface area contributed by atoms with Crippen molar-refractivity contribution in [2.24, 2.45) is 5.73 Å². The zero-order valence-corrected chi connectivity index (χ0v) is 17.4. The number of hydrogen-bond acceptors (Lipinski definition) is 6. The lowest BCUT2D eigenvalue weighted by Crippen LogP contribution is -2.43. The number of carbonyl (C=O) groups excluding carboxylic acids is 1. The van der Waals surface area contributed by atoms with E-state index in [-0.39, 0.29) is 0 Å². The number of aromatic nitrogens is 1. The van der Waals surface area contributed by atoms with Crippen LogP contribution < -0.4 is 20.7 Å². The first-order valence-corrected chi connectivity index (χ1v) is 10.4. The third kappa shape index (κ3) is 3.71. The first-order valence-electron chi connectivity index (χ1n) is 9.56. The Bertz CT molecular complexity index is 1020. The van der Waals surface area contributed by atoms with Gasteiger partial charge in [-0.25, -0.2) is 0 Å². The summed E-state index contributed by atoms with van der Waals surface area (Å²) in [5, 5.41) is 5.28. The standard InChI is InChI=1S/C22H24N4O2S/c1-14-17(15-3-5-16(6-4-15)26-9-7-24-8-10-26)11-25-12-18(14)19-13-29-21(22(23)27)20(19)28-2/h3-6,11-13,24H,7-10H2,1-2H3,(H2,23,27). The fraction of sp³-hybridized carbons (Fsp3) is 0.273. The number of carbonyl (C=O) groups is 1. The third-order valence-electron chi connectivity index (χ3n) is 5.34. The molecule has 0 bridgehead atoms. The maximum Gasteiger partial charge on any atom is 0.262 e. The Labute approximate surface area is 174 Å². The van der Waals surface area contributed by atoms with E-state index in [4.69, 9.17) is 10.5 Å². The number of amides is 1. The van der Waals surface area contributed by atoms with E-state index in [0.717, 1.165) is 54.0 Å². The van der Waals surface area contributed by atoms with Crippen LogP contribution in [0.25, 0.3) is 22.3 Å². The number of hydrogen-bond donors (Lipinski definition) is 2. The van der Waals surface area contributed by atoms with Gasteiger partial charge in [-0.1, -0.05) is 12.1 Å². The van der Waals surface area contributed by atoms with Gasteiger partial charge in [-0.3, -0.25) is 9.78 Å². The van der Waals surface area contributed by atoms with E-state index < -0.39 is 5.91 Å². The smallest absolute Gasteiger partial charge is 0.262 e. The molecule has 1 fully saturated rings. The monoisotopic (exact) mass is 408 g/mol. The number of nitrogens with one attached hydrogen (secondary N) is 1. The minimum Gasteiger partial charge on any atom is -0.494 e. The highest BCUT2D eigenvalue weighted by molar-refractivity contribution is 7.13. The van der Waals surface area contributed by atoms with Crippen LogP contribution in [0.1, 0.15) is 15.2 Å². The number of methoxy groups -OCH3 is 1. The molecule has 6 nitrogen and oxygen atoms in total. The molecule has 3 N–H and O–H groups in total. The summed E-state index contributed by atoms with van der Waals surface area (Å²) in [6, 6.07) is 8.63. The molecule has 2 aromatic heterocycles. The molecule has 0 spiro atoms. The van der Waals surface area contributed by atoms with Crippen LogP contribution in [-0.2, 0) is 0 Å². The van der Waals surface area contributed by atoms with Gasteiger partial charge in [0.05, 0.1) is 7.11 Å². The van der Waals surface area contributed by atoms with Gasteiger partial charge in [-0.05, 0) is 30.2 Å². The number of nitrogens with two attached hydrogens (primary N) is 1. The van der Waals surface area contributed by atoms with E-state index in [0.29, 0.717) is 10.6 Å². The lowest BCUT2D eigenvalue weighted by Gasteiger charge is -2.29. The van der Waals surface area contributed by atoms with Gasteiger partial charge >= 0.3 is 0 Å². The number of primary amides is 1. The van der Waals surface area contributed by atoms with Crippen LogP contribution in [0.5, 0.6) is 5.75 Å². The largest absolute Gasteiger partial charge is 0.494 e. The number of pyridine rings is 1. The summed E-state index contributed by atoms with van der Waals surface area (Å²) in [7, 11) is 1.56. The summed E-state index contributed by atoms with van der Waals surface area (Å²) in [5.74, 6) is 0.0296. The zero-order chi connectivity index (χ0) is 20.4. The summed E-state index contributed by atoms with van der Waals surface area (Å²) < 4.78 is 5.49. The fourth-order valence-corrected chi connectivity index (χ4v) is 4.65. The van der Waals surface area contributed by atoms with Gasteiger partial charge in [0.25, 0.3) is 5.91 Å². The molecule has 1 aromatic carbocycles. The van der Waals surface area contributed by atoms with Crippen LogP contribution in [0, 0.1) is 6.92 Å². The fourth-order valence-electron chi connectivity index (χ4n) is 3.77. The molecule has 1 saturated heterocycles. The first kappa shape index (κ1) is 19.4. The highest BCUT2D eigenvalue weighted by atomic mass is 32.1. The molecule has 3 heterocycles. The number of ether oxygens (including phenoxy) is 1. The number of rotatable bonds is 5. The quantitative estimate of drug-likeness (QED) is 0.677. The lowest BCUT2D eigenvalue weighted by molar-refractivity contribution is 0.100. The molecule has 7 heteroatoms. The summed E-state index contributed by atoms with van der Waals surface area (Å²) in [6.07, 6.45) is 3.69. The van der Waals surface area contributed by atoms with Gasteiger partial charge in [0, 0.05) is 66.3 Å². The Morgan fingerprint density at radius 2 is 1.83 bits per heavy atom. The predicted molar refractivity (Wildman–Crippen MR) is 118 cm³/mol. The normalized spacial score (nSPS) is 14.1. The minimum absolute atomic E-state index is 0.424. The molecule has 1 aliphatic heterocycles. The molecule has 0 unspecified atom stereocenters. The number of thiophene rings is 1. The van der Waals surface area contributed by atoms with Gasteiger partial charge in [-0.2, -0.15) is 0 Å².